The van der Waals surface area contributed by atoms with Crippen molar-refractivity contribution >= 4 is 17.8 Å². The van der Waals surface area contributed by atoms with Crippen LogP contribution in [0, 0.1) is 6.92 Å². The van der Waals surface area contributed by atoms with Crippen LogP contribution in [-0.2, 0) is 6.18 Å². The zero-order chi connectivity index (χ0) is 26.9. The minimum absolute atomic E-state index is 0.104. The third-order valence-corrected chi connectivity index (χ3v) is 6.82. The molecule has 5 nitrogen and oxygen atoms in total. The van der Waals surface area contributed by atoms with Crippen molar-refractivity contribution in [1.82, 2.24) is 9.38 Å². The molecule has 2 aromatic carbocycles. The van der Waals surface area contributed by atoms with E-state index in [2.05, 4.69) is 0 Å². The van der Waals surface area contributed by atoms with Crippen molar-refractivity contribution < 1.29 is 22.6 Å². The molecule has 1 aliphatic carbocycles. The molecule has 38 heavy (non-hydrogen) atoms. The van der Waals surface area contributed by atoms with Crippen molar-refractivity contribution in [1.29, 1.82) is 0 Å². The van der Waals surface area contributed by atoms with Crippen molar-refractivity contribution in [3.8, 4) is 22.6 Å². The van der Waals surface area contributed by atoms with Gasteiger partial charge in [-0.1, -0.05) is 30.3 Å². The Bertz CT molecular complexity index is 1550. The number of methoxy groups -OCH3 is 1. The van der Waals surface area contributed by atoms with Crippen LogP contribution in [-0.4, -0.2) is 22.6 Å². The highest BCUT2D eigenvalue weighted by Crippen LogP contribution is 2.36. The molecule has 0 radical (unpaired) electrons. The van der Waals surface area contributed by atoms with Crippen LogP contribution in [0.2, 0.25) is 0 Å². The Labute approximate surface area is 218 Å². The Kier molecular flexibility index (Phi) is 6.97. The van der Waals surface area contributed by atoms with Gasteiger partial charge in [0.05, 0.1) is 30.0 Å². The Morgan fingerprint density at radius 3 is 2.42 bits per heavy atom. The first kappa shape index (κ1) is 25.6. The number of hydrogen-bond acceptors (Lipinski definition) is 4. The van der Waals surface area contributed by atoms with E-state index >= 15 is 0 Å². The van der Waals surface area contributed by atoms with Gasteiger partial charge in [-0.25, -0.2) is 4.98 Å². The molecule has 5 rings (SSSR count). The average Bonchev–Trinajstić information content (AvgIpc) is 3.41. The Hall–Kier alpha value is -4.07. The normalized spacial score (nSPS) is 14.4. The lowest BCUT2D eigenvalue weighted by Gasteiger charge is -2.18. The van der Waals surface area contributed by atoms with E-state index in [0.29, 0.717) is 28.4 Å². The molecule has 0 saturated heterocycles. The first-order chi connectivity index (χ1) is 18.3. The number of rotatable bonds is 6. The average molecular weight is 521 g/mol. The number of pyridine rings is 1. The predicted octanol–water partition coefficient (Wildman–Crippen LogP) is 7.19. The molecule has 1 fully saturated rings. The van der Waals surface area contributed by atoms with E-state index in [-0.39, 0.29) is 17.2 Å². The van der Waals surface area contributed by atoms with Gasteiger partial charge in [-0.15, -0.1) is 0 Å². The molecular weight excluding hydrogens is 493 g/mol. The monoisotopic (exact) mass is 520 g/mol. The molecule has 0 amide bonds. The number of ether oxygens (including phenoxy) is 2. The van der Waals surface area contributed by atoms with Gasteiger partial charge < -0.3 is 9.47 Å². The van der Waals surface area contributed by atoms with Gasteiger partial charge >= 0.3 is 6.18 Å². The van der Waals surface area contributed by atoms with Crippen LogP contribution in [0.25, 0.3) is 28.9 Å². The Morgan fingerprint density at radius 2 is 1.74 bits per heavy atom. The second kappa shape index (κ2) is 10.4. The second-order valence-electron chi connectivity index (χ2n) is 9.37. The molecule has 0 aliphatic heterocycles. The maximum absolute atomic E-state index is 13.6. The molecule has 196 valence electrons. The van der Waals surface area contributed by atoms with Crippen molar-refractivity contribution in [2.75, 3.05) is 7.11 Å². The number of alkyl halides is 3. The van der Waals surface area contributed by atoms with Gasteiger partial charge in [-0.3, -0.25) is 9.20 Å². The maximum Gasteiger partial charge on any atom is 0.416 e. The van der Waals surface area contributed by atoms with Crippen LogP contribution in [0.15, 0.2) is 65.6 Å². The molecule has 2 aromatic heterocycles. The lowest BCUT2D eigenvalue weighted by molar-refractivity contribution is -0.137. The highest BCUT2D eigenvalue weighted by atomic mass is 19.4. The molecule has 1 saturated carbocycles. The molecule has 0 spiro atoms. The quantitative estimate of drug-likeness (QED) is 0.270. The van der Waals surface area contributed by atoms with E-state index < -0.39 is 11.7 Å². The molecule has 4 aromatic rings. The van der Waals surface area contributed by atoms with Crippen molar-refractivity contribution in [3.05, 3.63) is 93.5 Å². The molecule has 0 unspecified atom stereocenters. The molecule has 0 atom stereocenters. The fraction of sp³-hybridized carbons (Fsp3) is 0.267. The SMILES string of the molecule is COc1cccc(C=Cc2nc3c(C)cccn3c(=O)c2-c2ccc(C(F)(F)F)cc2)c1OC1CCCC1. The Morgan fingerprint density at radius 1 is 1.00 bits per heavy atom. The number of aromatic nitrogens is 2. The van der Waals surface area contributed by atoms with Gasteiger partial charge in [0, 0.05) is 11.8 Å². The van der Waals surface area contributed by atoms with E-state index in [1.54, 1.807) is 31.5 Å². The van der Waals surface area contributed by atoms with Crippen LogP contribution in [0.5, 0.6) is 11.5 Å². The molecule has 0 N–H and O–H groups in total. The zero-order valence-corrected chi connectivity index (χ0v) is 21.1. The number of benzene rings is 2. The molecule has 2 heterocycles. The number of para-hydroxylation sites is 1. The summed E-state index contributed by atoms with van der Waals surface area (Å²) >= 11 is 0. The van der Waals surface area contributed by atoms with Gasteiger partial charge in [0.15, 0.2) is 11.5 Å². The van der Waals surface area contributed by atoms with Crippen LogP contribution >= 0.6 is 0 Å². The fourth-order valence-electron chi connectivity index (χ4n) is 4.82. The van der Waals surface area contributed by atoms with Crippen LogP contribution in [0.1, 0.15) is 48.1 Å². The minimum atomic E-state index is -4.48. The Balaban J connectivity index is 1.65. The summed E-state index contributed by atoms with van der Waals surface area (Å²) in [5.41, 5.74) is 1.77. The summed E-state index contributed by atoms with van der Waals surface area (Å²) in [7, 11) is 1.58. The third-order valence-electron chi connectivity index (χ3n) is 6.82. The topological polar surface area (TPSA) is 52.8 Å². The summed E-state index contributed by atoms with van der Waals surface area (Å²) in [6.45, 7) is 1.85. The number of nitrogens with zero attached hydrogens (tertiary/aromatic N) is 2. The van der Waals surface area contributed by atoms with Crippen LogP contribution < -0.4 is 15.0 Å². The van der Waals surface area contributed by atoms with Gasteiger partial charge in [0.1, 0.15) is 5.65 Å². The van der Waals surface area contributed by atoms with E-state index in [9.17, 15) is 18.0 Å². The first-order valence-corrected chi connectivity index (χ1v) is 12.5. The molecular formula is C30H27F3N2O3. The third kappa shape index (κ3) is 5.03. The first-order valence-electron chi connectivity index (χ1n) is 12.5. The number of fused-ring (bicyclic) bond motifs is 1. The standard InChI is InChI=1S/C30H27F3N2O3/c1-19-7-6-18-35-28(19)34-24(26(29(35)36)20-12-15-22(16-13-20)30(31,32)33)17-14-21-8-5-11-25(37-2)27(21)38-23-9-3-4-10-23/h5-8,11-18,23H,3-4,9-10H2,1-2H3. The summed E-state index contributed by atoms with van der Waals surface area (Å²) in [4.78, 5) is 18.4. The summed E-state index contributed by atoms with van der Waals surface area (Å²) in [6.07, 6.45) is 4.92. The summed E-state index contributed by atoms with van der Waals surface area (Å²) < 4.78 is 52.8. The summed E-state index contributed by atoms with van der Waals surface area (Å²) in [6, 6.07) is 13.7. The van der Waals surface area contributed by atoms with Crippen molar-refractivity contribution in [2.24, 2.45) is 0 Å². The smallest absolute Gasteiger partial charge is 0.416 e. The lowest BCUT2D eigenvalue weighted by atomic mass is 10.0. The highest BCUT2D eigenvalue weighted by molar-refractivity contribution is 5.81. The van der Waals surface area contributed by atoms with E-state index in [0.717, 1.165) is 48.9 Å². The second-order valence-corrected chi connectivity index (χ2v) is 9.37. The van der Waals surface area contributed by atoms with Gasteiger partial charge in [0.25, 0.3) is 5.56 Å². The van der Waals surface area contributed by atoms with E-state index in [1.165, 1.54) is 16.5 Å². The number of halogens is 3. The van der Waals surface area contributed by atoms with E-state index in [4.69, 9.17) is 14.5 Å². The van der Waals surface area contributed by atoms with Crippen molar-refractivity contribution in [3.63, 3.8) is 0 Å². The molecule has 8 heteroatoms. The largest absolute Gasteiger partial charge is 0.493 e. The highest BCUT2D eigenvalue weighted by Gasteiger charge is 2.30. The zero-order valence-electron chi connectivity index (χ0n) is 21.1. The molecule has 1 aliphatic rings. The number of hydrogen-bond donors (Lipinski definition) is 0. The molecule has 0 bridgehead atoms. The van der Waals surface area contributed by atoms with Gasteiger partial charge in [0.2, 0.25) is 0 Å². The van der Waals surface area contributed by atoms with E-state index in [1.807, 2.05) is 31.2 Å². The van der Waals surface area contributed by atoms with Crippen molar-refractivity contribution in [2.45, 2.75) is 44.9 Å². The number of aryl methyl sites for hydroxylation is 1. The van der Waals surface area contributed by atoms with Crippen LogP contribution in [0.4, 0.5) is 13.2 Å². The minimum Gasteiger partial charge on any atom is -0.493 e. The lowest BCUT2D eigenvalue weighted by Crippen LogP contribution is -2.19. The van der Waals surface area contributed by atoms with Crippen LogP contribution in [0.3, 0.4) is 0 Å². The fourth-order valence-corrected chi connectivity index (χ4v) is 4.82. The van der Waals surface area contributed by atoms with Gasteiger partial charge in [-0.05, 0) is 80.2 Å². The maximum atomic E-state index is 13.6. The predicted molar refractivity (Wildman–Crippen MR) is 141 cm³/mol. The van der Waals surface area contributed by atoms with Gasteiger partial charge in [-0.2, -0.15) is 13.2 Å². The summed E-state index contributed by atoms with van der Waals surface area (Å²) in [5.74, 6) is 1.22. The summed E-state index contributed by atoms with van der Waals surface area (Å²) in [5, 5.41) is 0.